The Hall–Kier alpha value is -2.57. The lowest BCUT2D eigenvalue weighted by Crippen LogP contribution is -2.23. The van der Waals surface area contributed by atoms with Crippen LogP contribution < -0.4 is 14.8 Å². The largest absolute Gasteiger partial charge is 0.491 e. The number of halogens is 1. The third-order valence-corrected chi connectivity index (χ3v) is 4.70. The molecule has 3 aromatic rings. The van der Waals surface area contributed by atoms with Crippen molar-refractivity contribution in [2.24, 2.45) is 0 Å². The van der Waals surface area contributed by atoms with Gasteiger partial charge in [0.1, 0.15) is 0 Å². The van der Waals surface area contributed by atoms with Crippen molar-refractivity contribution in [2.75, 3.05) is 13.7 Å². The molecule has 6 nitrogen and oxygen atoms in total. The fourth-order valence-electron chi connectivity index (χ4n) is 3.11. The molecule has 0 saturated heterocycles. The predicted molar refractivity (Wildman–Crippen MR) is 113 cm³/mol. The van der Waals surface area contributed by atoms with Crippen molar-refractivity contribution >= 4 is 11.6 Å². The van der Waals surface area contributed by atoms with Gasteiger partial charge in [0.2, 0.25) is 5.89 Å². The van der Waals surface area contributed by atoms with Crippen molar-refractivity contribution in [1.82, 2.24) is 15.5 Å². The number of hydrogen-bond donors (Lipinski definition) is 1. The lowest BCUT2D eigenvalue weighted by Gasteiger charge is -2.17. The molecule has 154 valence electrons. The van der Waals surface area contributed by atoms with Crippen molar-refractivity contribution in [1.29, 1.82) is 0 Å². The average Bonchev–Trinajstić information content (AvgIpc) is 3.18. The van der Waals surface area contributed by atoms with Crippen LogP contribution in [0.3, 0.4) is 0 Å². The van der Waals surface area contributed by atoms with Gasteiger partial charge in [0, 0.05) is 13.0 Å². The number of hydrogen-bond acceptors (Lipinski definition) is 6. The van der Waals surface area contributed by atoms with E-state index in [-0.39, 0.29) is 6.04 Å². The summed E-state index contributed by atoms with van der Waals surface area (Å²) in [6.07, 6.45) is 1.72. The topological polar surface area (TPSA) is 69.4 Å². The zero-order valence-corrected chi connectivity index (χ0v) is 17.7. The van der Waals surface area contributed by atoms with Crippen LogP contribution in [-0.2, 0) is 13.0 Å². The molecule has 0 bridgehead atoms. The van der Waals surface area contributed by atoms with E-state index in [0.717, 1.165) is 24.0 Å². The summed E-state index contributed by atoms with van der Waals surface area (Å²) in [4.78, 5) is 4.57. The van der Waals surface area contributed by atoms with Crippen molar-refractivity contribution in [3.05, 3.63) is 70.3 Å². The second kappa shape index (κ2) is 10.3. The summed E-state index contributed by atoms with van der Waals surface area (Å²) >= 11 is 6.39. The monoisotopic (exact) mass is 415 g/mol. The molecule has 1 heterocycles. The Kier molecular flexibility index (Phi) is 7.49. The van der Waals surface area contributed by atoms with Crippen LogP contribution in [0.15, 0.2) is 47.0 Å². The van der Waals surface area contributed by atoms with Gasteiger partial charge in [-0.3, -0.25) is 5.32 Å². The SMILES string of the molecule is CCCc1nc(C(NCc2cc(Cl)c(OC)c(OCC)c2)c2ccccc2)no1. The van der Waals surface area contributed by atoms with E-state index in [2.05, 4.69) is 22.4 Å². The molecule has 3 rings (SSSR count). The molecule has 0 radical (unpaired) electrons. The first kappa shape index (κ1) is 21.1. The lowest BCUT2D eigenvalue weighted by molar-refractivity contribution is 0.310. The van der Waals surface area contributed by atoms with Crippen molar-refractivity contribution < 1.29 is 14.0 Å². The van der Waals surface area contributed by atoms with Crippen LogP contribution in [-0.4, -0.2) is 23.9 Å². The highest BCUT2D eigenvalue weighted by atomic mass is 35.5. The number of ether oxygens (including phenoxy) is 2. The van der Waals surface area contributed by atoms with Gasteiger partial charge >= 0.3 is 0 Å². The van der Waals surface area contributed by atoms with Gasteiger partial charge in [0.25, 0.3) is 0 Å². The summed E-state index contributed by atoms with van der Waals surface area (Å²) in [5.41, 5.74) is 2.03. The molecule has 0 fully saturated rings. The normalized spacial score (nSPS) is 12.0. The molecule has 0 aliphatic carbocycles. The van der Waals surface area contributed by atoms with E-state index in [9.17, 15) is 0 Å². The second-order valence-corrected chi connectivity index (χ2v) is 6.97. The zero-order valence-electron chi connectivity index (χ0n) is 16.9. The van der Waals surface area contributed by atoms with Crippen LogP contribution in [0.5, 0.6) is 11.5 Å². The number of nitrogens with one attached hydrogen (secondary N) is 1. The van der Waals surface area contributed by atoms with Crippen LogP contribution in [0.25, 0.3) is 0 Å². The molecule has 29 heavy (non-hydrogen) atoms. The Bertz CT molecular complexity index is 915. The zero-order chi connectivity index (χ0) is 20.6. The van der Waals surface area contributed by atoms with Gasteiger partial charge in [-0.15, -0.1) is 0 Å². The quantitative estimate of drug-likeness (QED) is 0.504. The van der Waals surface area contributed by atoms with Crippen LogP contribution in [0.2, 0.25) is 5.02 Å². The highest BCUT2D eigenvalue weighted by molar-refractivity contribution is 6.32. The average molecular weight is 416 g/mol. The molecule has 0 aliphatic rings. The minimum atomic E-state index is -0.207. The van der Waals surface area contributed by atoms with Gasteiger partial charge in [-0.05, 0) is 36.6 Å². The summed E-state index contributed by atoms with van der Waals surface area (Å²) < 4.78 is 16.4. The molecule has 1 N–H and O–H groups in total. The number of nitrogens with zero attached hydrogens (tertiary/aromatic N) is 2. The molecule has 0 amide bonds. The maximum absolute atomic E-state index is 6.39. The van der Waals surface area contributed by atoms with Gasteiger partial charge in [-0.1, -0.05) is 54.0 Å². The summed E-state index contributed by atoms with van der Waals surface area (Å²) in [5, 5.41) is 8.22. The first-order chi connectivity index (χ1) is 14.2. The van der Waals surface area contributed by atoms with Crippen LogP contribution in [0, 0.1) is 0 Å². The first-order valence-corrected chi connectivity index (χ1v) is 10.1. The maximum Gasteiger partial charge on any atom is 0.226 e. The molecule has 1 atom stereocenters. The maximum atomic E-state index is 6.39. The van der Waals surface area contributed by atoms with E-state index in [4.69, 9.17) is 25.6 Å². The third-order valence-electron chi connectivity index (χ3n) is 4.42. The highest BCUT2D eigenvalue weighted by Gasteiger charge is 2.20. The van der Waals surface area contributed by atoms with Gasteiger partial charge < -0.3 is 14.0 Å². The van der Waals surface area contributed by atoms with Gasteiger partial charge in [0.05, 0.1) is 24.8 Å². The van der Waals surface area contributed by atoms with Gasteiger partial charge in [-0.2, -0.15) is 4.98 Å². The van der Waals surface area contributed by atoms with Gasteiger partial charge in [0.15, 0.2) is 17.3 Å². The van der Waals surface area contributed by atoms with E-state index >= 15 is 0 Å². The number of rotatable bonds is 10. The Morgan fingerprint density at radius 1 is 1.17 bits per heavy atom. The predicted octanol–water partition coefficient (Wildman–Crippen LogP) is 4.96. The molecule has 0 saturated carbocycles. The molecule has 1 aromatic heterocycles. The molecule has 7 heteroatoms. The van der Waals surface area contributed by atoms with Crippen molar-refractivity contribution in [3.8, 4) is 11.5 Å². The van der Waals surface area contributed by atoms with Gasteiger partial charge in [-0.25, -0.2) is 0 Å². The molecular formula is C22H26ClN3O3. The Morgan fingerprint density at radius 3 is 2.66 bits per heavy atom. The summed E-state index contributed by atoms with van der Waals surface area (Å²) in [6.45, 7) is 5.08. The van der Waals surface area contributed by atoms with Crippen molar-refractivity contribution in [3.63, 3.8) is 0 Å². The minimum absolute atomic E-state index is 0.207. The smallest absolute Gasteiger partial charge is 0.226 e. The number of aromatic nitrogens is 2. The molecule has 0 aliphatic heterocycles. The van der Waals surface area contributed by atoms with Crippen LogP contribution >= 0.6 is 11.6 Å². The van der Waals surface area contributed by atoms with E-state index in [1.807, 2.05) is 49.4 Å². The lowest BCUT2D eigenvalue weighted by atomic mass is 10.1. The molecule has 1 unspecified atom stereocenters. The number of aryl methyl sites for hydroxylation is 1. The third kappa shape index (κ3) is 5.28. The second-order valence-electron chi connectivity index (χ2n) is 6.56. The highest BCUT2D eigenvalue weighted by Crippen LogP contribution is 2.36. The van der Waals surface area contributed by atoms with E-state index < -0.39 is 0 Å². The molecular weight excluding hydrogens is 390 g/mol. The number of methoxy groups -OCH3 is 1. The Morgan fingerprint density at radius 2 is 1.97 bits per heavy atom. The van der Waals surface area contributed by atoms with E-state index in [0.29, 0.717) is 41.4 Å². The summed E-state index contributed by atoms with van der Waals surface area (Å²) in [7, 11) is 1.58. The number of benzene rings is 2. The van der Waals surface area contributed by atoms with Crippen LogP contribution in [0.4, 0.5) is 0 Å². The standard InChI is InChI=1S/C22H26ClN3O3/c1-4-9-19-25-22(26-29-19)20(16-10-7-6-8-11-16)24-14-15-12-17(23)21(27-3)18(13-15)28-5-2/h6-8,10-13,20,24H,4-5,9,14H2,1-3H3. The fraction of sp³-hybridized carbons (Fsp3) is 0.364. The fourth-order valence-corrected chi connectivity index (χ4v) is 3.42. The molecule has 0 spiro atoms. The van der Waals surface area contributed by atoms with Crippen molar-refractivity contribution in [2.45, 2.75) is 39.3 Å². The minimum Gasteiger partial charge on any atom is -0.491 e. The first-order valence-electron chi connectivity index (χ1n) is 9.76. The Labute approximate surface area is 176 Å². The van der Waals surface area contributed by atoms with E-state index in [1.165, 1.54) is 0 Å². The Balaban J connectivity index is 1.85. The summed E-state index contributed by atoms with van der Waals surface area (Å²) in [6, 6.07) is 13.7. The van der Waals surface area contributed by atoms with Crippen LogP contribution in [0.1, 0.15) is 49.2 Å². The molecule has 2 aromatic carbocycles. The van der Waals surface area contributed by atoms with E-state index in [1.54, 1.807) is 7.11 Å². The summed E-state index contributed by atoms with van der Waals surface area (Å²) in [5.74, 6) is 2.43.